The topological polar surface area (TPSA) is 45.7 Å². The number of halogens is 1. The molecule has 2 aromatic carbocycles. The van der Waals surface area contributed by atoms with Crippen LogP contribution in [0.3, 0.4) is 0 Å². The molecular formula is C25H21ClN3O2. The summed E-state index contributed by atoms with van der Waals surface area (Å²) in [6.45, 7) is 2.55. The zero-order valence-corrected chi connectivity index (χ0v) is 17.9. The van der Waals surface area contributed by atoms with E-state index in [1.165, 1.54) is 0 Å². The molecule has 2 heterocycles. The van der Waals surface area contributed by atoms with Crippen LogP contribution >= 0.6 is 11.6 Å². The van der Waals surface area contributed by atoms with Gasteiger partial charge >= 0.3 is 0 Å². The number of rotatable bonds is 3. The highest BCUT2D eigenvalue weighted by Gasteiger charge is 2.24. The summed E-state index contributed by atoms with van der Waals surface area (Å²) in [4.78, 5) is 21.4. The Kier molecular flexibility index (Phi) is 6.40. The van der Waals surface area contributed by atoms with Crippen LogP contribution < -0.4 is 9.64 Å². The smallest absolute Gasteiger partial charge is 0.254 e. The summed E-state index contributed by atoms with van der Waals surface area (Å²) < 4.78 is 5.43. The zero-order chi connectivity index (χ0) is 21.6. The predicted molar refractivity (Wildman–Crippen MR) is 122 cm³/mol. The van der Waals surface area contributed by atoms with E-state index in [1.54, 1.807) is 31.5 Å². The van der Waals surface area contributed by atoms with Gasteiger partial charge in [0.1, 0.15) is 11.6 Å². The first-order chi connectivity index (χ1) is 15.2. The number of carbonyl (C=O) groups is 1. The van der Waals surface area contributed by atoms with Crippen molar-refractivity contribution in [1.82, 2.24) is 9.88 Å². The van der Waals surface area contributed by atoms with Crippen molar-refractivity contribution in [2.24, 2.45) is 0 Å². The normalized spacial score (nSPS) is 13.4. The number of hydrogen-bond donors (Lipinski definition) is 0. The monoisotopic (exact) mass is 430 g/mol. The first-order valence-electron chi connectivity index (χ1n) is 9.96. The SMILES string of the molecule is COc1ccc(C(=O)N2CCN(c3ncccc3Cl)CC2)cc1C#Cc1cc[c]cc1. The summed E-state index contributed by atoms with van der Waals surface area (Å²) in [5.41, 5.74) is 2.15. The second kappa shape index (κ2) is 9.55. The molecule has 0 saturated carbocycles. The Bertz CT molecular complexity index is 1130. The van der Waals surface area contributed by atoms with Crippen molar-refractivity contribution >= 4 is 23.3 Å². The first-order valence-corrected chi connectivity index (χ1v) is 10.3. The lowest BCUT2D eigenvalue weighted by molar-refractivity contribution is 0.0746. The number of nitrogens with zero attached hydrogens (tertiary/aromatic N) is 3. The largest absolute Gasteiger partial charge is 0.495 e. The molecule has 5 nitrogen and oxygen atoms in total. The van der Waals surface area contributed by atoms with Crippen molar-refractivity contribution in [2.75, 3.05) is 38.2 Å². The fraction of sp³-hybridized carbons (Fsp3) is 0.200. The van der Waals surface area contributed by atoms with Crippen molar-refractivity contribution < 1.29 is 9.53 Å². The van der Waals surface area contributed by atoms with E-state index in [0.29, 0.717) is 48.1 Å². The van der Waals surface area contributed by atoms with Gasteiger partial charge in [-0.2, -0.15) is 0 Å². The van der Waals surface area contributed by atoms with E-state index in [0.717, 1.165) is 11.4 Å². The number of hydrogen-bond acceptors (Lipinski definition) is 4. The lowest BCUT2D eigenvalue weighted by Crippen LogP contribution is -2.49. The minimum atomic E-state index is -0.0215. The average Bonchev–Trinajstić information content (AvgIpc) is 2.83. The Morgan fingerprint density at radius 1 is 1.10 bits per heavy atom. The molecule has 1 aromatic heterocycles. The van der Waals surface area contributed by atoms with Gasteiger partial charge < -0.3 is 14.5 Å². The van der Waals surface area contributed by atoms with E-state index in [1.807, 2.05) is 41.3 Å². The molecule has 155 valence electrons. The van der Waals surface area contributed by atoms with Crippen molar-refractivity contribution in [2.45, 2.75) is 0 Å². The first kappa shape index (κ1) is 20.8. The van der Waals surface area contributed by atoms with Gasteiger partial charge in [0, 0.05) is 43.5 Å². The molecule has 1 aliphatic rings. The van der Waals surface area contributed by atoms with Crippen LogP contribution in [0.1, 0.15) is 21.5 Å². The fourth-order valence-electron chi connectivity index (χ4n) is 3.46. The molecule has 0 atom stereocenters. The molecule has 1 aliphatic heterocycles. The predicted octanol–water partition coefficient (Wildman–Crippen LogP) is 3.91. The van der Waals surface area contributed by atoms with E-state index < -0.39 is 0 Å². The molecule has 0 bridgehead atoms. The number of benzene rings is 2. The van der Waals surface area contributed by atoms with Gasteiger partial charge in [-0.25, -0.2) is 4.98 Å². The number of aromatic nitrogens is 1. The number of anilines is 1. The zero-order valence-electron chi connectivity index (χ0n) is 17.1. The lowest BCUT2D eigenvalue weighted by atomic mass is 10.1. The van der Waals surface area contributed by atoms with E-state index in [4.69, 9.17) is 16.3 Å². The molecule has 1 fully saturated rings. The number of amides is 1. The van der Waals surface area contributed by atoms with Crippen molar-refractivity contribution in [3.05, 3.63) is 88.6 Å². The second-order valence-corrected chi connectivity index (χ2v) is 7.45. The number of methoxy groups -OCH3 is 1. The highest BCUT2D eigenvalue weighted by Crippen LogP contribution is 2.24. The van der Waals surface area contributed by atoms with Gasteiger partial charge in [0.2, 0.25) is 0 Å². The van der Waals surface area contributed by atoms with Crippen molar-refractivity contribution in [1.29, 1.82) is 0 Å². The third kappa shape index (κ3) is 4.82. The van der Waals surface area contributed by atoms with E-state index >= 15 is 0 Å². The molecule has 1 amide bonds. The molecule has 6 heteroatoms. The third-order valence-corrected chi connectivity index (χ3v) is 5.41. The minimum absolute atomic E-state index is 0.0215. The summed E-state index contributed by atoms with van der Waals surface area (Å²) in [5.74, 6) is 7.61. The molecular weight excluding hydrogens is 410 g/mol. The molecule has 3 aromatic rings. The highest BCUT2D eigenvalue weighted by atomic mass is 35.5. The minimum Gasteiger partial charge on any atom is -0.495 e. The molecule has 0 aliphatic carbocycles. The Labute approximate surface area is 187 Å². The number of piperazine rings is 1. The quantitative estimate of drug-likeness (QED) is 0.591. The maximum Gasteiger partial charge on any atom is 0.254 e. The Balaban J connectivity index is 1.49. The number of ether oxygens (including phenoxy) is 1. The fourth-order valence-corrected chi connectivity index (χ4v) is 3.70. The number of carbonyl (C=O) groups excluding carboxylic acids is 1. The maximum absolute atomic E-state index is 13.1. The van der Waals surface area contributed by atoms with Gasteiger partial charge in [-0.3, -0.25) is 4.79 Å². The van der Waals surface area contributed by atoms with Crippen LogP contribution in [0, 0.1) is 17.9 Å². The Morgan fingerprint density at radius 2 is 1.87 bits per heavy atom. The number of pyridine rings is 1. The molecule has 0 N–H and O–H groups in total. The van der Waals surface area contributed by atoms with Gasteiger partial charge in [0.15, 0.2) is 0 Å². The molecule has 0 unspecified atom stereocenters. The van der Waals surface area contributed by atoms with Crippen LogP contribution in [-0.4, -0.2) is 49.1 Å². The molecule has 4 rings (SSSR count). The van der Waals surface area contributed by atoms with Crippen molar-refractivity contribution in [3.63, 3.8) is 0 Å². The third-order valence-electron chi connectivity index (χ3n) is 5.11. The molecule has 1 radical (unpaired) electrons. The lowest BCUT2D eigenvalue weighted by Gasteiger charge is -2.35. The summed E-state index contributed by atoms with van der Waals surface area (Å²) >= 11 is 6.26. The molecule has 1 saturated heterocycles. The summed E-state index contributed by atoms with van der Waals surface area (Å²) in [6.07, 6.45) is 1.73. The molecule has 0 spiro atoms. The summed E-state index contributed by atoms with van der Waals surface area (Å²) in [5, 5.41) is 0.622. The second-order valence-electron chi connectivity index (χ2n) is 7.04. The van der Waals surface area contributed by atoms with Gasteiger partial charge in [-0.05, 0) is 48.5 Å². The van der Waals surface area contributed by atoms with E-state index in [-0.39, 0.29) is 5.91 Å². The van der Waals surface area contributed by atoms with Crippen molar-refractivity contribution in [3.8, 4) is 17.6 Å². The summed E-state index contributed by atoms with van der Waals surface area (Å²) in [6, 6.07) is 19.4. The van der Waals surface area contributed by atoms with E-state index in [9.17, 15) is 4.79 Å². The van der Waals surface area contributed by atoms with Crippen LogP contribution in [0.5, 0.6) is 5.75 Å². The van der Waals surface area contributed by atoms with Crippen LogP contribution in [0.2, 0.25) is 5.02 Å². The van der Waals surface area contributed by atoms with Crippen LogP contribution in [0.25, 0.3) is 0 Å². The average molecular weight is 431 g/mol. The Hall–Kier alpha value is -3.49. The van der Waals surface area contributed by atoms with Crippen LogP contribution in [0.15, 0.2) is 60.8 Å². The van der Waals surface area contributed by atoms with Gasteiger partial charge in [-0.1, -0.05) is 35.6 Å². The van der Waals surface area contributed by atoms with Gasteiger partial charge in [0.25, 0.3) is 5.91 Å². The molecule has 31 heavy (non-hydrogen) atoms. The Morgan fingerprint density at radius 3 is 2.58 bits per heavy atom. The van der Waals surface area contributed by atoms with E-state index in [2.05, 4.69) is 27.8 Å². The summed E-state index contributed by atoms with van der Waals surface area (Å²) in [7, 11) is 1.60. The van der Waals surface area contributed by atoms with Crippen LogP contribution in [0.4, 0.5) is 5.82 Å². The highest BCUT2D eigenvalue weighted by molar-refractivity contribution is 6.32. The van der Waals surface area contributed by atoms with Gasteiger partial charge in [0.05, 0.1) is 17.7 Å². The standard InChI is InChI=1S/C25H21ClN3O2/c1-31-23-12-11-21(18-20(23)10-9-19-6-3-2-4-7-19)25(30)29-16-14-28(15-17-29)24-22(26)8-5-13-27-24/h3-8,11-13,18H,14-17H2,1H3. The maximum atomic E-state index is 13.1. The van der Waals surface area contributed by atoms with Gasteiger partial charge in [-0.15, -0.1) is 0 Å². The van der Waals surface area contributed by atoms with Crippen LogP contribution in [-0.2, 0) is 0 Å².